The quantitative estimate of drug-likeness (QED) is 0.353. The maximum Gasteiger partial charge on any atom is 0.335 e. The number of phenolic OH excluding ortho intramolecular Hbond substituents is 1. The predicted molar refractivity (Wildman–Crippen MR) is 140 cm³/mol. The standard InChI is InChI=1S/C31H25NO7/c1-14-10-16(6-9-23(14)33)25-19-7-8-20-26(21(19)13-22-24(34)11-15(2)28(35)27(22)25)30(37)32(29(20)36)18-5-3-4-17(12-18)31(38)39/h3-7,9-12,20-21,25-26,33H,8,13H2,1-2H3,(H,38,39). The molecule has 3 aliphatic carbocycles. The zero-order valence-electron chi connectivity index (χ0n) is 21.3. The van der Waals surface area contributed by atoms with Crippen molar-refractivity contribution in [2.75, 3.05) is 4.90 Å². The van der Waals surface area contributed by atoms with Gasteiger partial charge in [-0.05, 0) is 74.1 Å². The van der Waals surface area contributed by atoms with Crippen molar-refractivity contribution in [3.8, 4) is 5.75 Å². The molecule has 2 N–H and O–H groups in total. The van der Waals surface area contributed by atoms with E-state index in [4.69, 9.17) is 0 Å². The lowest BCUT2D eigenvalue weighted by molar-refractivity contribution is -0.123. The first-order valence-electron chi connectivity index (χ1n) is 12.8. The Morgan fingerprint density at radius 1 is 0.974 bits per heavy atom. The number of fused-ring (bicyclic) bond motifs is 3. The zero-order chi connectivity index (χ0) is 27.7. The van der Waals surface area contributed by atoms with Gasteiger partial charge in [0, 0.05) is 22.6 Å². The number of ketones is 2. The molecular weight excluding hydrogens is 498 g/mol. The number of rotatable bonds is 3. The molecule has 2 aromatic carbocycles. The number of allylic oxidation sites excluding steroid dienone is 6. The van der Waals surface area contributed by atoms with Gasteiger partial charge in [0.15, 0.2) is 11.6 Å². The molecule has 6 rings (SSSR count). The summed E-state index contributed by atoms with van der Waals surface area (Å²) in [6, 6.07) is 10.8. The molecule has 4 atom stereocenters. The van der Waals surface area contributed by atoms with E-state index in [1.165, 1.54) is 30.3 Å². The average Bonchev–Trinajstić information content (AvgIpc) is 3.17. The van der Waals surface area contributed by atoms with Crippen LogP contribution in [0, 0.1) is 24.7 Å². The fourth-order valence-electron chi connectivity index (χ4n) is 6.63. The second-order valence-corrected chi connectivity index (χ2v) is 10.6. The number of hydrogen-bond donors (Lipinski definition) is 2. The van der Waals surface area contributed by atoms with Gasteiger partial charge in [0.1, 0.15) is 5.75 Å². The van der Waals surface area contributed by atoms with Crippen LogP contribution in [-0.2, 0) is 19.2 Å². The molecule has 1 aliphatic heterocycles. The molecule has 196 valence electrons. The molecule has 2 amide bonds. The summed E-state index contributed by atoms with van der Waals surface area (Å²) in [7, 11) is 0. The van der Waals surface area contributed by atoms with Crippen LogP contribution in [0.5, 0.6) is 5.75 Å². The highest BCUT2D eigenvalue weighted by molar-refractivity contribution is 6.25. The molecule has 4 aliphatic rings. The van der Waals surface area contributed by atoms with Gasteiger partial charge < -0.3 is 10.2 Å². The Balaban J connectivity index is 1.48. The minimum absolute atomic E-state index is 0.0366. The second kappa shape index (κ2) is 8.73. The smallest absolute Gasteiger partial charge is 0.335 e. The van der Waals surface area contributed by atoms with Crippen LogP contribution >= 0.6 is 0 Å². The van der Waals surface area contributed by atoms with E-state index in [-0.39, 0.29) is 41.4 Å². The van der Waals surface area contributed by atoms with Crippen LogP contribution in [0.2, 0.25) is 0 Å². The first kappa shape index (κ1) is 24.7. The third-order valence-electron chi connectivity index (χ3n) is 8.47. The van der Waals surface area contributed by atoms with Crippen LogP contribution in [-0.4, -0.2) is 39.6 Å². The van der Waals surface area contributed by atoms with Crippen LogP contribution in [0.25, 0.3) is 0 Å². The molecule has 0 spiro atoms. The van der Waals surface area contributed by atoms with Gasteiger partial charge >= 0.3 is 5.97 Å². The van der Waals surface area contributed by atoms with Crippen molar-refractivity contribution in [1.82, 2.24) is 0 Å². The van der Waals surface area contributed by atoms with Crippen molar-refractivity contribution >= 4 is 35.0 Å². The number of anilines is 1. The van der Waals surface area contributed by atoms with E-state index < -0.39 is 41.5 Å². The number of amides is 2. The fourth-order valence-corrected chi connectivity index (χ4v) is 6.63. The van der Waals surface area contributed by atoms with Crippen molar-refractivity contribution in [3.05, 3.63) is 93.6 Å². The molecule has 0 bridgehead atoms. The van der Waals surface area contributed by atoms with Gasteiger partial charge in [0.05, 0.1) is 23.1 Å². The predicted octanol–water partition coefficient (Wildman–Crippen LogP) is 4.03. The van der Waals surface area contributed by atoms with Crippen molar-refractivity contribution in [2.45, 2.75) is 32.6 Å². The summed E-state index contributed by atoms with van der Waals surface area (Å²) >= 11 is 0. The molecule has 2 aromatic rings. The van der Waals surface area contributed by atoms with Gasteiger partial charge in [0.2, 0.25) is 11.8 Å². The second-order valence-electron chi connectivity index (χ2n) is 10.6. The molecule has 4 unspecified atom stereocenters. The number of imide groups is 1. The number of hydrogen-bond acceptors (Lipinski definition) is 6. The first-order valence-corrected chi connectivity index (χ1v) is 12.8. The molecule has 1 fully saturated rings. The minimum atomic E-state index is -1.17. The van der Waals surface area contributed by atoms with Gasteiger partial charge in [0.25, 0.3) is 0 Å². The van der Waals surface area contributed by atoms with Crippen molar-refractivity contribution in [3.63, 3.8) is 0 Å². The van der Waals surface area contributed by atoms with Crippen LogP contribution < -0.4 is 4.90 Å². The number of aryl methyl sites for hydroxylation is 1. The lowest BCUT2D eigenvalue weighted by Crippen LogP contribution is -2.39. The van der Waals surface area contributed by atoms with Crippen LogP contribution in [0.3, 0.4) is 0 Å². The van der Waals surface area contributed by atoms with E-state index in [1.807, 2.05) is 6.08 Å². The number of aromatic hydroxyl groups is 1. The average molecular weight is 524 g/mol. The normalized spacial score (nSPS) is 26.2. The summed E-state index contributed by atoms with van der Waals surface area (Å²) in [5, 5.41) is 19.6. The topological polar surface area (TPSA) is 129 Å². The minimum Gasteiger partial charge on any atom is -0.508 e. The van der Waals surface area contributed by atoms with Crippen molar-refractivity contribution < 1.29 is 34.2 Å². The summed E-state index contributed by atoms with van der Waals surface area (Å²) in [4.78, 5) is 66.7. The Bertz CT molecular complexity index is 1620. The van der Waals surface area contributed by atoms with Gasteiger partial charge in [-0.3, -0.25) is 24.1 Å². The number of carboxylic acid groups (broad SMARTS) is 1. The van der Waals surface area contributed by atoms with Gasteiger partial charge in [-0.15, -0.1) is 0 Å². The molecule has 8 nitrogen and oxygen atoms in total. The number of Topliss-reactive ketones (excluding diaryl/α,β-unsaturated/α-hetero) is 1. The fraction of sp³-hybridized carbons (Fsp3) is 0.258. The summed E-state index contributed by atoms with van der Waals surface area (Å²) in [5.74, 6) is -4.88. The van der Waals surface area contributed by atoms with Crippen LogP contribution in [0.4, 0.5) is 5.69 Å². The third-order valence-corrected chi connectivity index (χ3v) is 8.47. The Hall–Kier alpha value is -4.59. The summed E-state index contributed by atoms with van der Waals surface area (Å²) < 4.78 is 0. The number of aromatic carboxylic acids is 1. The van der Waals surface area contributed by atoms with E-state index in [1.54, 1.807) is 32.0 Å². The lowest BCUT2D eigenvalue weighted by Gasteiger charge is -2.42. The van der Waals surface area contributed by atoms with Crippen molar-refractivity contribution in [2.24, 2.45) is 17.8 Å². The third kappa shape index (κ3) is 3.62. The summed E-state index contributed by atoms with van der Waals surface area (Å²) in [5.41, 5.74) is 3.43. The van der Waals surface area contributed by atoms with E-state index in [2.05, 4.69) is 0 Å². The number of carboxylic acids is 1. The number of nitrogens with zero attached hydrogens (tertiary/aromatic N) is 1. The van der Waals surface area contributed by atoms with Gasteiger partial charge in [-0.2, -0.15) is 0 Å². The maximum absolute atomic E-state index is 13.9. The van der Waals surface area contributed by atoms with E-state index in [0.29, 0.717) is 22.3 Å². The zero-order valence-corrected chi connectivity index (χ0v) is 21.3. The highest BCUT2D eigenvalue weighted by Crippen LogP contribution is 2.55. The van der Waals surface area contributed by atoms with E-state index in [9.17, 15) is 34.2 Å². The number of carbonyl (C=O) groups is 5. The highest BCUT2D eigenvalue weighted by atomic mass is 16.4. The molecule has 0 radical (unpaired) electrons. The SMILES string of the molecule is CC1=CC(=O)C2=C(C1=O)C(c1ccc(O)c(C)c1)C1=CCC3C(=O)N(c4cccc(C(=O)O)c4)C(=O)C3C1C2. The Morgan fingerprint density at radius 3 is 2.46 bits per heavy atom. The first-order chi connectivity index (χ1) is 18.6. The Morgan fingerprint density at radius 2 is 1.74 bits per heavy atom. The Labute approximate surface area is 223 Å². The molecule has 1 heterocycles. The van der Waals surface area contributed by atoms with Gasteiger partial charge in [-0.25, -0.2) is 4.79 Å². The molecule has 0 saturated carbocycles. The van der Waals surface area contributed by atoms with Crippen LogP contribution in [0.1, 0.15) is 47.2 Å². The molecule has 0 aromatic heterocycles. The van der Waals surface area contributed by atoms with E-state index >= 15 is 0 Å². The van der Waals surface area contributed by atoms with Crippen LogP contribution in [0.15, 0.2) is 76.9 Å². The largest absolute Gasteiger partial charge is 0.508 e. The summed E-state index contributed by atoms with van der Waals surface area (Å²) in [6.07, 6.45) is 3.70. The molecular formula is C31H25NO7. The molecule has 1 saturated heterocycles. The van der Waals surface area contributed by atoms with E-state index in [0.717, 1.165) is 16.0 Å². The number of phenols is 1. The summed E-state index contributed by atoms with van der Waals surface area (Å²) in [6.45, 7) is 3.36. The highest BCUT2D eigenvalue weighted by Gasteiger charge is 2.56. The lowest BCUT2D eigenvalue weighted by atomic mass is 9.59. The monoisotopic (exact) mass is 523 g/mol. The molecule has 8 heteroatoms. The number of benzene rings is 2. The Kier molecular flexibility index (Phi) is 5.53. The molecule has 39 heavy (non-hydrogen) atoms. The number of carbonyl (C=O) groups excluding carboxylic acids is 4. The maximum atomic E-state index is 13.9. The van der Waals surface area contributed by atoms with Gasteiger partial charge in [-0.1, -0.05) is 29.8 Å². The van der Waals surface area contributed by atoms with Crippen molar-refractivity contribution in [1.29, 1.82) is 0 Å².